The van der Waals surface area contributed by atoms with E-state index in [9.17, 15) is 4.79 Å². The summed E-state index contributed by atoms with van der Waals surface area (Å²) in [5, 5.41) is 0.562. The first-order chi connectivity index (χ1) is 13.2. The van der Waals surface area contributed by atoms with E-state index in [0.29, 0.717) is 29.5 Å². The summed E-state index contributed by atoms with van der Waals surface area (Å²) in [7, 11) is 0. The maximum atomic E-state index is 12.9. The van der Waals surface area contributed by atoms with Gasteiger partial charge in [-0.1, -0.05) is 36.6 Å². The Morgan fingerprint density at radius 2 is 1.74 bits per heavy atom. The zero-order valence-corrected chi connectivity index (χ0v) is 16.5. The van der Waals surface area contributed by atoms with Crippen molar-refractivity contribution in [3.63, 3.8) is 0 Å². The van der Waals surface area contributed by atoms with Crippen LogP contribution in [-0.4, -0.2) is 30.5 Å². The van der Waals surface area contributed by atoms with E-state index in [0.717, 1.165) is 37.2 Å². The molecule has 1 amide bonds. The van der Waals surface area contributed by atoms with Crippen LogP contribution >= 0.6 is 11.6 Å². The number of likely N-dealkylation sites (tertiary alicyclic amines) is 1. The summed E-state index contributed by atoms with van der Waals surface area (Å²) in [5.74, 6) is 1.43. The molecule has 0 aliphatic carbocycles. The van der Waals surface area contributed by atoms with Crippen LogP contribution in [0.2, 0.25) is 5.02 Å². The van der Waals surface area contributed by atoms with Crippen molar-refractivity contribution in [2.75, 3.05) is 19.7 Å². The van der Waals surface area contributed by atoms with Crippen molar-refractivity contribution in [1.29, 1.82) is 0 Å². The fraction of sp³-hybridized carbons (Fsp3) is 0.409. The summed E-state index contributed by atoms with van der Waals surface area (Å²) >= 11 is 6.17. The summed E-state index contributed by atoms with van der Waals surface area (Å²) in [4.78, 5) is 14.9. The fourth-order valence-electron chi connectivity index (χ4n) is 3.30. The van der Waals surface area contributed by atoms with E-state index < -0.39 is 0 Å². The predicted octanol–water partition coefficient (Wildman–Crippen LogP) is 5.33. The molecule has 1 aliphatic rings. The van der Waals surface area contributed by atoms with Gasteiger partial charge in [0.1, 0.15) is 18.1 Å². The minimum atomic E-state index is 0.0824. The van der Waals surface area contributed by atoms with Gasteiger partial charge >= 0.3 is 0 Å². The molecule has 0 atom stereocenters. The third kappa shape index (κ3) is 5.16. The lowest BCUT2D eigenvalue weighted by Gasteiger charge is -2.21. The molecule has 27 heavy (non-hydrogen) atoms. The molecule has 0 bridgehead atoms. The lowest BCUT2D eigenvalue weighted by Crippen LogP contribution is -2.31. The molecular weight excluding hydrogens is 362 g/mol. The zero-order valence-electron chi connectivity index (χ0n) is 15.7. The van der Waals surface area contributed by atoms with Crippen LogP contribution in [0.5, 0.6) is 11.5 Å². The highest BCUT2D eigenvalue weighted by molar-refractivity contribution is 6.32. The van der Waals surface area contributed by atoms with Gasteiger partial charge in [0.2, 0.25) is 0 Å². The highest BCUT2D eigenvalue weighted by atomic mass is 35.5. The van der Waals surface area contributed by atoms with Crippen LogP contribution in [0.4, 0.5) is 0 Å². The van der Waals surface area contributed by atoms with Gasteiger partial charge in [-0.05, 0) is 50.1 Å². The van der Waals surface area contributed by atoms with Crippen LogP contribution in [0.25, 0.3) is 0 Å². The topological polar surface area (TPSA) is 38.8 Å². The minimum Gasteiger partial charge on any atom is -0.493 e. The van der Waals surface area contributed by atoms with Crippen LogP contribution in [0.15, 0.2) is 42.5 Å². The monoisotopic (exact) mass is 387 g/mol. The van der Waals surface area contributed by atoms with Crippen molar-refractivity contribution in [2.24, 2.45) is 0 Å². The Labute approximate surface area is 166 Å². The molecule has 0 N–H and O–H groups in total. The van der Waals surface area contributed by atoms with E-state index in [4.69, 9.17) is 21.1 Å². The number of benzene rings is 2. The Morgan fingerprint density at radius 1 is 1.00 bits per heavy atom. The molecule has 2 aromatic rings. The smallest absolute Gasteiger partial charge is 0.253 e. The molecular formula is C22H26ClNO3. The maximum Gasteiger partial charge on any atom is 0.253 e. The van der Waals surface area contributed by atoms with Crippen molar-refractivity contribution in [2.45, 2.75) is 39.2 Å². The molecule has 1 fully saturated rings. The van der Waals surface area contributed by atoms with Crippen molar-refractivity contribution in [3.8, 4) is 11.5 Å². The van der Waals surface area contributed by atoms with Crippen LogP contribution in [-0.2, 0) is 6.61 Å². The van der Waals surface area contributed by atoms with Gasteiger partial charge in [0.15, 0.2) is 0 Å². The highest BCUT2D eigenvalue weighted by Crippen LogP contribution is 2.27. The summed E-state index contributed by atoms with van der Waals surface area (Å²) in [5.41, 5.74) is 1.52. The number of para-hydroxylation sites is 1. The lowest BCUT2D eigenvalue weighted by molar-refractivity contribution is 0.0761. The summed E-state index contributed by atoms with van der Waals surface area (Å²) in [6, 6.07) is 13.0. The average Bonchev–Trinajstić information content (AvgIpc) is 2.97. The van der Waals surface area contributed by atoms with Crippen LogP contribution < -0.4 is 9.47 Å². The third-order valence-corrected chi connectivity index (χ3v) is 5.03. The molecule has 0 saturated carbocycles. The molecule has 5 heteroatoms. The van der Waals surface area contributed by atoms with Crippen molar-refractivity contribution >= 4 is 17.5 Å². The predicted molar refractivity (Wildman–Crippen MR) is 108 cm³/mol. The standard InChI is InChI=1S/C22H26ClNO3/c1-2-26-20-12-11-17(22(25)24-13-7-3-4-8-14-24)15-18(20)16-27-21-10-6-5-9-19(21)23/h5-6,9-12,15H,2-4,7-8,13-14,16H2,1H3. The number of nitrogens with zero attached hydrogens (tertiary/aromatic N) is 1. The Bertz CT molecular complexity index is 770. The van der Waals surface area contributed by atoms with Gasteiger partial charge in [0.25, 0.3) is 5.91 Å². The first-order valence-electron chi connectivity index (χ1n) is 9.61. The molecule has 4 nitrogen and oxygen atoms in total. The second-order valence-corrected chi connectivity index (χ2v) is 7.09. The highest BCUT2D eigenvalue weighted by Gasteiger charge is 2.19. The minimum absolute atomic E-state index is 0.0824. The molecule has 1 saturated heterocycles. The molecule has 0 unspecified atom stereocenters. The van der Waals surface area contributed by atoms with E-state index in [1.165, 1.54) is 12.8 Å². The van der Waals surface area contributed by atoms with Gasteiger partial charge in [-0.3, -0.25) is 4.79 Å². The average molecular weight is 388 g/mol. The summed E-state index contributed by atoms with van der Waals surface area (Å²) in [6.07, 6.45) is 4.55. The molecule has 0 radical (unpaired) electrons. The Hall–Kier alpha value is -2.20. The number of hydrogen-bond acceptors (Lipinski definition) is 3. The number of ether oxygens (including phenoxy) is 2. The summed E-state index contributed by atoms with van der Waals surface area (Å²) in [6.45, 7) is 4.45. The lowest BCUT2D eigenvalue weighted by atomic mass is 10.1. The SMILES string of the molecule is CCOc1ccc(C(=O)N2CCCCCC2)cc1COc1ccccc1Cl. The van der Waals surface area contributed by atoms with Gasteiger partial charge in [-0.25, -0.2) is 0 Å². The van der Waals surface area contributed by atoms with Crippen molar-refractivity contribution in [1.82, 2.24) is 4.90 Å². The quantitative estimate of drug-likeness (QED) is 0.672. The van der Waals surface area contributed by atoms with Gasteiger partial charge < -0.3 is 14.4 Å². The van der Waals surface area contributed by atoms with Crippen LogP contribution in [0, 0.1) is 0 Å². The molecule has 1 heterocycles. The number of hydrogen-bond donors (Lipinski definition) is 0. The van der Waals surface area contributed by atoms with E-state index in [-0.39, 0.29) is 5.91 Å². The number of carbonyl (C=O) groups is 1. The van der Waals surface area contributed by atoms with E-state index in [1.807, 2.05) is 48.2 Å². The first-order valence-corrected chi connectivity index (χ1v) is 9.99. The Balaban J connectivity index is 1.79. The second-order valence-electron chi connectivity index (χ2n) is 6.68. The van der Waals surface area contributed by atoms with Gasteiger partial charge in [0, 0.05) is 24.2 Å². The molecule has 1 aliphatic heterocycles. The van der Waals surface area contributed by atoms with Gasteiger partial charge in [-0.2, -0.15) is 0 Å². The van der Waals surface area contributed by atoms with Crippen LogP contribution in [0.1, 0.15) is 48.5 Å². The third-order valence-electron chi connectivity index (χ3n) is 4.72. The van der Waals surface area contributed by atoms with Crippen molar-refractivity contribution in [3.05, 3.63) is 58.6 Å². The van der Waals surface area contributed by atoms with E-state index in [1.54, 1.807) is 6.07 Å². The number of rotatable bonds is 6. The zero-order chi connectivity index (χ0) is 19.1. The van der Waals surface area contributed by atoms with Crippen molar-refractivity contribution < 1.29 is 14.3 Å². The van der Waals surface area contributed by atoms with Crippen LogP contribution in [0.3, 0.4) is 0 Å². The number of amides is 1. The Kier molecular flexibility index (Phi) is 6.99. The number of carbonyl (C=O) groups excluding carboxylic acids is 1. The van der Waals surface area contributed by atoms with Gasteiger partial charge in [-0.15, -0.1) is 0 Å². The molecule has 2 aromatic carbocycles. The second kappa shape index (κ2) is 9.65. The fourth-order valence-corrected chi connectivity index (χ4v) is 3.49. The maximum absolute atomic E-state index is 12.9. The molecule has 0 spiro atoms. The molecule has 0 aromatic heterocycles. The van der Waals surface area contributed by atoms with E-state index in [2.05, 4.69) is 0 Å². The molecule has 144 valence electrons. The normalized spacial score (nSPS) is 14.5. The first kappa shape index (κ1) is 19.6. The molecule has 3 rings (SSSR count). The summed E-state index contributed by atoms with van der Waals surface area (Å²) < 4.78 is 11.6. The van der Waals surface area contributed by atoms with Gasteiger partial charge in [0.05, 0.1) is 11.6 Å². The Morgan fingerprint density at radius 3 is 2.44 bits per heavy atom. The largest absolute Gasteiger partial charge is 0.493 e. The number of halogens is 1. The van der Waals surface area contributed by atoms with E-state index >= 15 is 0 Å².